The molecule has 0 radical (unpaired) electrons. The van der Waals surface area contributed by atoms with Gasteiger partial charge in [0.15, 0.2) is 0 Å². The SMILES string of the molecule is CC(C)(C)OC(=O)NC1CC12CCc1ccc(Br)cc12. The lowest BCUT2D eigenvalue weighted by Gasteiger charge is -2.20. The quantitative estimate of drug-likeness (QED) is 0.843. The first kappa shape index (κ1) is 13.9. The number of carbonyl (C=O) groups excluding carboxylic acids is 1. The van der Waals surface area contributed by atoms with Gasteiger partial charge in [-0.3, -0.25) is 0 Å². The van der Waals surface area contributed by atoms with Gasteiger partial charge in [-0.25, -0.2) is 4.79 Å². The third kappa shape index (κ3) is 2.46. The third-order valence-electron chi connectivity index (χ3n) is 4.22. The first-order valence-corrected chi connectivity index (χ1v) is 7.88. The van der Waals surface area contributed by atoms with Crippen LogP contribution in [0.2, 0.25) is 0 Å². The Hall–Kier alpha value is -1.03. The normalized spacial score (nSPS) is 27.3. The van der Waals surface area contributed by atoms with E-state index in [1.807, 2.05) is 20.8 Å². The summed E-state index contributed by atoms with van der Waals surface area (Å²) in [4.78, 5) is 11.9. The van der Waals surface area contributed by atoms with Crippen molar-refractivity contribution in [2.45, 2.75) is 57.1 Å². The van der Waals surface area contributed by atoms with Gasteiger partial charge in [-0.1, -0.05) is 22.0 Å². The molecule has 3 rings (SSSR count). The van der Waals surface area contributed by atoms with E-state index < -0.39 is 5.60 Å². The Morgan fingerprint density at radius 2 is 2.20 bits per heavy atom. The smallest absolute Gasteiger partial charge is 0.407 e. The number of ether oxygens (including phenoxy) is 1. The Balaban J connectivity index is 1.71. The van der Waals surface area contributed by atoms with Crippen molar-refractivity contribution in [3.63, 3.8) is 0 Å². The zero-order valence-electron chi connectivity index (χ0n) is 12.1. The maximum atomic E-state index is 11.9. The van der Waals surface area contributed by atoms with Crippen molar-refractivity contribution in [3.05, 3.63) is 33.8 Å². The predicted molar refractivity (Wildman–Crippen MR) is 81.9 cm³/mol. The number of hydrogen-bond acceptors (Lipinski definition) is 2. The lowest BCUT2D eigenvalue weighted by Crippen LogP contribution is -2.36. The van der Waals surface area contributed by atoms with Crippen LogP contribution in [0.5, 0.6) is 0 Å². The molecule has 0 saturated heterocycles. The molecule has 0 heterocycles. The van der Waals surface area contributed by atoms with Gasteiger partial charge in [0.1, 0.15) is 5.60 Å². The second-order valence-electron chi connectivity index (χ2n) is 6.86. The summed E-state index contributed by atoms with van der Waals surface area (Å²) < 4.78 is 6.46. The third-order valence-corrected chi connectivity index (χ3v) is 4.71. The largest absolute Gasteiger partial charge is 0.444 e. The number of hydrogen-bond donors (Lipinski definition) is 1. The highest BCUT2D eigenvalue weighted by molar-refractivity contribution is 9.10. The second kappa shape index (κ2) is 4.48. The lowest BCUT2D eigenvalue weighted by atomic mass is 9.97. The van der Waals surface area contributed by atoms with Gasteiger partial charge in [0.25, 0.3) is 0 Å². The summed E-state index contributed by atoms with van der Waals surface area (Å²) in [7, 11) is 0. The summed E-state index contributed by atoms with van der Waals surface area (Å²) in [6, 6.07) is 6.71. The first-order chi connectivity index (χ1) is 9.30. The van der Waals surface area contributed by atoms with Crippen LogP contribution in [0.25, 0.3) is 0 Å². The summed E-state index contributed by atoms with van der Waals surface area (Å²) >= 11 is 3.54. The Bertz CT molecular complexity index is 564. The molecule has 0 bridgehead atoms. The fourth-order valence-corrected chi connectivity index (χ4v) is 3.60. The number of alkyl carbamates (subject to hydrolysis) is 1. The van der Waals surface area contributed by atoms with Crippen LogP contribution in [0.1, 0.15) is 44.7 Å². The standard InChI is InChI=1S/C16H20BrNO2/c1-15(2,3)20-14(19)18-13-9-16(13)7-6-10-4-5-11(17)8-12(10)16/h4-5,8,13H,6-7,9H2,1-3H3,(H,18,19). The monoisotopic (exact) mass is 337 g/mol. The molecule has 1 aromatic carbocycles. The Labute approximate surface area is 128 Å². The number of benzene rings is 1. The number of nitrogens with one attached hydrogen (secondary N) is 1. The molecule has 0 aliphatic heterocycles. The molecule has 4 heteroatoms. The molecule has 1 N–H and O–H groups in total. The molecular weight excluding hydrogens is 318 g/mol. The van der Waals surface area contributed by atoms with E-state index in [4.69, 9.17) is 4.74 Å². The number of carbonyl (C=O) groups is 1. The molecule has 1 fully saturated rings. The number of halogens is 1. The van der Waals surface area contributed by atoms with Gasteiger partial charge in [-0.15, -0.1) is 0 Å². The minimum atomic E-state index is -0.442. The zero-order valence-corrected chi connectivity index (χ0v) is 13.7. The summed E-state index contributed by atoms with van der Waals surface area (Å²) in [5.41, 5.74) is 2.52. The maximum absolute atomic E-state index is 11.9. The van der Waals surface area contributed by atoms with E-state index in [1.54, 1.807) is 0 Å². The molecule has 108 valence electrons. The highest BCUT2D eigenvalue weighted by Gasteiger charge is 2.59. The van der Waals surface area contributed by atoms with Gasteiger partial charge < -0.3 is 10.1 Å². The molecule has 20 heavy (non-hydrogen) atoms. The van der Waals surface area contributed by atoms with Crippen LogP contribution in [0.4, 0.5) is 4.79 Å². The van der Waals surface area contributed by atoms with Gasteiger partial charge in [-0.05, 0) is 63.3 Å². The van der Waals surface area contributed by atoms with Crippen molar-refractivity contribution in [1.29, 1.82) is 0 Å². The predicted octanol–water partition coefficient (Wildman–Crippen LogP) is 3.93. The molecule has 2 atom stereocenters. The molecule has 1 spiro atoms. The van der Waals surface area contributed by atoms with E-state index in [-0.39, 0.29) is 17.6 Å². The van der Waals surface area contributed by atoms with Crippen LogP contribution < -0.4 is 5.32 Å². The molecule has 1 aromatic rings. The van der Waals surface area contributed by atoms with E-state index >= 15 is 0 Å². The van der Waals surface area contributed by atoms with E-state index in [2.05, 4.69) is 39.4 Å². The molecule has 0 aromatic heterocycles. The van der Waals surface area contributed by atoms with Gasteiger partial charge >= 0.3 is 6.09 Å². The summed E-state index contributed by atoms with van der Waals surface area (Å²) in [5.74, 6) is 0. The van der Waals surface area contributed by atoms with Gasteiger partial charge in [0.2, 0.25) is 0 Å². The minimum Gasteiger partial charge on any atom is -0.444 e. The summed E-state index contributed by atoms with van der Waals surface area (Å²) in [6.45, 7) is 5.66. The van der Waals surface area contributed by atoms with E-state index in [9.17, 15) is 4.79 Å². The maximum Gasteiger partial charge on any atom is 0.407 e. The number of fused-ring (bicyclic) bond motifs is 2. The van der Waals surface area contributed by atoms with Crippen molar-refractivity contribution in [1.82, 2.24) is 5.32 Å². The Kier molecular flexibility index (Phi) is 3.12. The molecule has 2 aliphatic rings. The topological polar surface area (TPSA) is 38.3 Å². The van der Waals surface area contributed by atoms with Gasteiger partial charge in [0.05, 0.1) is 0 Å². The van der Waals surface area contributed by atoms with Crippen molar-refractivity contribution in [3.8, 4) is 0 Å². The highest BCUT2D eigenvalue weighted by Crippen LogP contribution is 2.57. The zero-order chi connectivity index (χ0) is 14.5. The second-order valence-corrected chi connectivity index (χ2v) is 7.78. The van der Waals surface area contributed by atoms with Gasteiger partial charge in [-0.2, -0.15) is 0 Å². The Morgan fingerprint density at radius 3 is 2.90 bits per heavy atom. The summed E-state index contributed by atoms with van der Waals surface area (Å²) in [5, 5.41) is 3.03. The molecule has 3 nitrogen and oxygen atoms in total. The molecule has 2 unspecified atom stereocenters. The molecule has 1 saturated carbocycles. The number of aryl methyl sites for hydroxylation is 1. The van der Waals surface area contributed by atoms with Crippen LogP contribution >= 0.6 is 15.9 Å². The van der Waals surface area contributed by atoms with Crippen molar-refractivity contribution in [2.24, 2.45) is 0 Å². The highest BCUT2D eigenvalue weighted by atomic mass is 79.9. The van der Waals surface area contributed by atoms with E-state index in [1.165, 1.54) is 11.1 Å². The molecule has 2 aliphatic carbocycles. The van der Waals surface area contributed by atoms with Crippen LogP contribution in [0.15, 0.2) is 22.7 Å². The molecular formula is C16H20BrNO2. The van der Waals surface area contributed by atoms with Crippen LogP contribution in [-0.4, -0.2) is 17.7 Å². The van der Waals surface area contributed by atoms with E-state index in [0.717, 1.165) is 23.7 Å². The number of amides is 1. The van der Waals surface area contributed by atoms with Crippen molar-refractivity contribution < 1.29 is 9.53 Å². The fourth-order valence-electron chi connectivity index (χ4n) is 3.24. The van der Waals surface area contributed by atoms with Crippen molar-refractivity contribution in [2.75, 3.05) is 0 Å². The van der Waals surface area contributed by atoms with E-state index in [0.29, 0.717) is 0 Å². The Morgan fingerprint density at radius 1 is 1.45 bits per heavy atom. The van der Waals surface area contributed by atoms with Crippen molar-refractivity contribution >= 4 is 22.0 Å². The number of rotatable bonds is 1. The lowest BCUT2D eigenvalue weighted by molar-refractivity contribution is 0.0519. The molecule has 1 amide bonds. The minimum absolute atomic E-state index is 0.149. The van der Waals surface area contributed by atoms with Crippen LogP contribution in [0, 0.1) is 0 Å². The fraction of sp³-hybridized carbons (Fsp3) is 0.562. The van der Waals surface area contributed by atoms with Crippen LogP contribution in [-0.2, 0) is 16.6 Å². The average molecular weight is 338 g/mol. The van der Waals surface area contributed by atoms with Crippen LogP contribution in [0.3, 0.4) is 0 Å². The van der Waals surface area contributed by atoms with Gasteiger partial charge in [0, 0.05) is 15.9 Å². The average Bonchev–Trinajstić information content (AvgIpc) is 2.86. The summed E-state index contributed by atoms with van der Waals surface area (Å²) in [6.07, 6.45) is 2.95. The first-order valence-electron chi connectivity index (χ1n) is 7.09.